The number of likely N-dealkylation sites (tertiary alicyclic amines) is 1. The van der Waals surface area contributed by atoms with Crippen LogP contribution in [0.15, 0.2) is 0 Å². The molecule has 0 aromatic rings. The maximum atomic E-state index is 11.7. The van der Waals surface area contributed by atoms with Crippen LogP contribution in [-0.2, 0) is 14.3 Å². The van der Waals surface area contributed by atoms with Gasteiger partial charge >= 0.3 is 12.1 Å². The van der Waals surface area contributed by atoms with Crippen LogP contribution in [0.2, 0.25) is 0 Å². The molecule has 2 atom stereocenters. The number of amides is 1. The molecule has 17 heavy (non-hydrogen) atoms. The van der Waals surface area contributed by atoms with Gasteiger partial charge < -0.3 is 19.5 Å². The summed E-state index contributed by atoms with van der Waals surface area (Å²) < 4.78 is 9.37. The Balaban J connectivity index is 2.94. The number of carbonyl (C=O) groups is 2. The summed E-state index contributed by atoms with van der Waals surface area (Å²) in [6.07, 6.45) is -0.830. The van der Waals surface area contributed by atoms with Gasteiger partial charge in [0.25, 0.3) is 0 Å². The largest absolute Gasteiger partial charge is 0.469 e. The van der Waals surface area contributed by atoms with E-state index in [1.807, 2.05) is 0 Å². The Kier molecular flexibility index (Phi) is 3.98. The molecule has 1 aliphatic heterocycles. The predicted octanol–water partition coefficient (Wildman–Crippen LogP) is 0.387. The highest BCUT2D eigenvalue weighted by Gasteiger charge is 2.48. The summed E-state index contributed by atoms with van der Waals surface area (Å²) in [5.41, 5.74) is -0.875. The normalized spacial score (nSPS) is 24.6. The second kappa shape index (κ2) is 4.91. The summed E-state index contributed by atoms with van der Waals surface area (Å²) in [6.45, 7) is 3.56. The lowest BCUT2D eigenvalue weighted by molar-refractivity contribution is -0.153. The SMILES string of the molecule is COC(=O)N1C[C@H](O)C[C@H]1C(C)(C)C(=O)OC. The van der Waals surface area contributed by atoms with E-state index in [4.69, 9.17) is 4.74 Å². The summed E-state index contributed by atoms with van der Waals surface area (Å²) in [6, 6.07) is -0.419. The van der Waals surface area contributed by atoms with Crippen molar-refractivity contribution >= 4 is 12.1 Å². The molecule has 1 fully saturated rings. The molecular weight excluding hydrogens is 226 g/mol. The zero-order valence-electron chi connectivity index (χ0n) is 10.6. The van der Waals surface area contributed by atoms with Crippen LogP contribution in [0.5, 0.6) is 0 Å². The summed E-state index contributed by atoms with van der Waals surface area (Å²) in [5.74, 6) is -0.412. The predicted molar refractivity (Wildman–Crippen MR) is 59.3 cm³/mol. The van der Waals surface area contributed by atoms with Crippen molar-refractivity contribution in [2.24, 2.45) is 5.41 Å². The maximum absolute atomic E-state index is 11.7. The molecular formula is C11H19NO5. The maximum Gasteiger partial charge on any atom is 0.409 e. The molecule has 1 aliphatic rings. The second-order valence-corrected chi connectivity index (χ2v) is 4.74. The van der Waals surface area contributed by atoms with Crippen molar-refractivity contribution in [2.75, 3.05) is 20.8 Å². The third-order valence-electron chi connectivity index (χ3n) is 3.23. The van der Waals surface area contributed by atoms with Crippen LogP contribution >= 0.6 is 0 Å². The molecule has 0 radical (unpaired) electrons. The second-order valence-electron chi connectivity index (χ2n) is 4.74. The van der Waals surface area contributed by atoms with Crippen molar-refractivity contribution in [1.82, 2.24) is 4.90 Å². The molecule has 1 amide bonds. The molecule has 1 saturated heterocycles. The molecule has 0 unspecified atom stereocenters. The first-order valence-electron chi connectivity index (χ1n) is 5.45. The number of esters is 1. The Morgan fingerprint density at radius 2 is 1.88 bits per heavy atom. The van der Waals surface area contributed by atoms with Crippen molar-refractivity contribution in [3.05, 3.63) is 0 Å². The number of hydrogen-bond donors (Lipinski definition) is 1. The van der Waals surface area contributed by atoms with Gasteiger partial charge in [-0.3, -0.25) is 4.79 Å². The molecule has 1 rings (SSSR count). The third kappa shape index (κ3) is 2.52. The fourth-order valence-corrected chi connectivity index (χ4v) is 2.22. The molecule has 0 aliphatic carbocycles. The zero-order valence-corrected chi connectivity index (χ0v) is 10.6. The zero-order chi connectivity index (χ0) is 13.2. The minimum atomic E-state index is -0.875. The van der Waals surface area contributed by atoms with Gasteiger partial charge in [-0.05, 0) is 20.3 Å². The van der Waals surface area contributed by atoms with Gasteiger partial charge in [0.05, 0.1) is 38.3 Å². The number of methoxy groups -OCH3 is 2. The molecule has 1 N–H and O–H groups in total. The molecule has 0 saturated carbocycles. The number of rotatable bonds is 2. The van der Waals surface area contributed by atoms with Crippen LogP contribution < -0.4 is 0 Å². The number of carbonyl (C=O) groups excluding carboxylic acids is 2. The highest BCUT2D eigenvalue weighted by Crippen LogP contribution is 2.34. The lowest BCUT2D eigenvalue weighted by Gasteiger charge is -2.34. The van der Waals surface area contributed by atoms with Crippen molar-refractivity contribution in [3.63, 3.8) is 0 Å². The quantitative estimate of drug-likeness (QED) is 0.712. The van der Waals surface area contributed by atoms with Crippen LogP contribution in [0.25, 0.3) is 0 Å². The average Bonchev–Trinajstić information content (AvgIpc) is 2.69. The summed E-state index contributed by atoms with van der Waals surface area (Å²) >= 11 is 0. The summed E-state index contributed by atoms with van der Waals surface area (Å²) in [4.78, 5) is 24.6. The Morgan fingerprint density at radius 1 is 1.29 bits per heavy atom. The van der Waals surface area contributed by atoms with Crippen LogP contribution in [0.3, 0.4) is 0 Å². The van der Waals surface area contributed by atoms with Crippen molar-refractivity contribution in [2.45, 2.75) is 32.4 Å². The minimum absolute atomic E-state index is 0.178. The Labute approximate surface area is 100 Å². The molecule has 0 aromatic carbocycles. The van der Waals surface area contributed by atoms with Crippen LogP contribution in [0.4, 0.5) is 4.79 Å². The van der Waals surface area contributed by atoms with E-state index >= 15 is 0 Å². The van der Waals surface area contributed by atoms with E-state index in [-0.39, 0.29) is 6.54 Å². The van der Waals surface area contributed by atoms with Crippen LogP contribution in [0.1, 0.15) is 20.3 Å². The van der Waals surface area contributed by atoms with Gasteiger partial charge in [0.1, 0.15) is 0 Å². The van der Waals surface area contributed by atoms with Gasteiger partial charge in [-0.1, -0.05) is 0 Å². The van der Waals surface area contributed by atoms with Crippen LogP contribution in [-0.4, -0.2) is 55.0 Å². The molecule has 6 nitrogen and oxygen atoms in total. The van der Waals surface area contributed by atoms with Crippen molar-refractivity contribution < 1.29 is 24.2 Å². The van der Waals surface area contributed by atoms with Crippen LogP contribution in [0, 0.1) is 5.41 Å². The van der Waals surface area contributed by atoms with E-state index in [1.54, 1.807) is 13.8 Å². The topological polar surface area (TPSA) is 76.1 Å². The number of ether oxygens (including phenoxy) is 2. The molecule has 6 heteroatoms. The monoisotopic (exact) mass is 245 g/mol. The lowest BCUT2D eigenvalue weighted by Crippen LogP contribution is -2.48. The average molecular weight is 245 g/mol. The third-order valence-corrected chi connectivity index (χ3v) is 3.23. The van der Waals surface area contributed by atoms with Gasteiger partial charge in [0.15, 0.2) is 0 Å². The van der Waals surface area contributed by atoms with Crippen molar-refractivity contribution in [3.8, 4) is 0 Å². The van der Waals surface area contributed by atoms with E-state index in [9.17, 15) is 14.7 Å². The number of nitrogens with zero attached hydrogens (tertiary/aromatic N) is 1. The van der Waals surface area contributed by atoms with Gasteiger partial charge in [0, 0.05) is 0 Å². The van der Waals surface area contributed by atoms with Gasteiger partial charge in [0.2, 0.25) is 0 Å². The Morgan fingerprint density at radius 3 is 2.35 bits per heavy atom. The van der Waals surface area contributed by atoms with E-state index in [2.05, 4.69) is 4.74 Å². The number of hydrogen-bond acceptors (Lipinski definition) is 5. The molecule has 0 aromatic heterocycles. The summed E-state index contributed by atoms with van der Waals surface area (Å²) in [7, 11) is 2.58. The number of β-amino-alcohol motifs (C(OH)–C–C–N with tert-alkyl or cyclic N) is 1. The van der Waals surface area contributed by atoms with Crippen molar-refractivity contribution in [1.29, 1.82) is 0 Å². The fraction of sp³-hybridized carbons (Fsp3) is 0.818. The first-order chi connectivity index (χ1) is 7.84. The highest BCUT2D eigenvalue weighted by molar-refractivity contribution is 5.78. The molecule has 1 heterocycles. The fourth-order valence-electron chi connectivity index (χ4n) is 2.22. The highest BCUT2D eigenvalue weighted by atomic mass is 16.5. The van der Waals surface area contributed by atoms with E-state index in [0.717, 1.165) is 0 Å². The molecule has 98 valence electrons. The standard InChI is InChI=1S/C11H19NO5/c1-11(2,9(14)16-3)8-5-7(13)6-12(8)10(15)17-4/h7-8,13H,5-6H2,1-4H3/t7-,8+/m1/s1. The van der Waals surface area contributed by atoms with Gasteiger partial charge in [-0.15, -0.1) is 0 Å². The molecule has 0 spiro atoms. The first kappa shape index (κ1) is 13.8. The van der Waals surface area contributed by atoms with E-state index in [1.165, 1.54) is 19.1 Å². The first-order valence-corrected chi connectivity index (χ1v) is 5.45. The Bertz CT molecular complexity index is 315. The van der Waals surface area contributed by atoms with Gasteiger partial charge in [-0.2, -0.15) is 0 Å². The molecule has 0 bridgehead atoms. The Hall–Kier alpha value is -1.30. The smallest absolute Gasteiger partial charge is 0.409 e. The van der Waals surface area contributed by atoms with E-state index < -0.39 is 29.6 Å². The van der Waals surface area contributed by atoms with E-state index in [0.29, 0.717) is 6.42 Å². The minimum Gasteiger partial charge on any atom is -0.469 e. The van der Waals surface area contributed by atoms with Gasteiger partial charge in [-0.25, -0.2) is 4.79 Å². The number of aliphatic hydroxyl groups excluding tert-OH is 1. The summed E-state index contributed by atoms with van der Waals surface area (Å²) in [5, 5.41) is 9.63. The number of aliphatic hydroxyl groups is 1. The lowest BCUT2D eigenvalue weighted by atomic mass is 9.83.